The molecule has 25 heavy (non-hydrogen) atoms. The van der Waals surface area contributed by atoms with E-state index >= 15 is 0 Å². The molecule has 2 aromatic heterocycles. The second-order valence-corrected chi connectivity index (χ2v) is 7.64. The number of hydrogen-bond acceptors (Lipinski definition) is 5. The van der Waals surface area contributed by atoms with Crippen molar-refractivity contribution >= 4 is 33.1 Å². The molecule has 4 rings (SSSR count). The summed E-state index contributed by atoms with van der Waals surface area (Å²) in [5, 5.41) is 6.63. The number of rotatable bonds is 5. The Hall–Kier alpha value is -2.14. The molecule has 3 aromatic rings. The van der Waals surface area contributed by atoms with Crippen LogP contribution in [0.15, 0.2) is 36.0 Å². The largest absolute Gasteiger partial charge is 0.493 e. The molecule has 1 N–H and O–H groups in total. The molecule has 2 heterocycles. The number of benzene rings is 1. The van der Waals surface area contributed by atoms with Gasteiger partial charge < -0.3 is 10.1 Å². The predicted molar refractivity (Wildman–Crippen MR) is 104 cm³/mol. The van der Waals surface area contributed by atoms with E-state index in [0.29, 0.717) is 0 Å². The van der Waals surface area contributed by atoms with Gasteiger partial charge in [-0.15, -0.1) is 11.3 Å². The number of nitrogens with one attached hydrogen (secondary N) is 1. The average Bonchev–Trinajstić information content (AvgIpc) is 3.04. The maximum Gasteiger partial charge on any atom is 0.142 e. The molecule has 130 valence electrons. The van der Waals surface area contributed by atoms with Crippen molar-refractivity contribution in [3.8, 4) is 5.75 Å². The lowest BCUT2D eigenvalue weighted by molar-refractivity contribution is 0.209. The summed E-state index contributed by atoms with van der Waals surface area (Å²) in [6.45, 7) is 2.93. The van der Waals surface area contributed by atoms with E-state index in [2.05, 4.69) is 27.6 Å². The highest BCUT2D eigenvalue weighted by Gasteiger charge is 2.14. The summed E-state index contributed by atoms with van der Waals surface area (Å²) in [4.78, 5) is 9.76. The van der Waals surface area contributed by atoms with Gasteiger partial charge in [0.2, 0.25) is 0 Å². The fourth-order valence-corrected chi connectivity index (χ4v) is 4.34. The van der Waals surface area contributed by atoms with E-state index in [-0.39, 0.29) is 0 Å². The zero-order chi connectivity index (χ0) is 17.1. The Balaban J connectivity index is 1.42. The summed E-state index contributed by atoms with van der Waals surface area (Å²) in [5.41, 5.74) is 2.21. The molecular weight excluding hydrogens is 330 g/mol. The summed E-state index contributed by atoms with van der Waals surface area (Å²) in [6, 6.07) is 8.16. The molecule has 1 aromatic carbocycles. The van der Waals surface area contributed by atoms with Gasteiger partial charge in [0, 0.05) is 5.69 Å². The van der Waals surface area contributed by atoms with Crippen LogP contribution in [0, 0.1) is 12.8 Å². The van der Waals surface area contributed by atoms with Crippen LogP contribution in [-0.2, 0) is 0 Å². The van der Waals surface area contributed by atoms with E-state index < -0.39 is 0 Å². The van der Waals surface area contributed by atoms with Gasteiger partial charge >= 0.3 is 0 Å². The summed E-state index contributed by atoms with van der Waals surface area (Å²) in [5.74, 6) is 2.53. The maximum absolute atomic E-state index is 5.98. The van der Waals surface area contributed by atoms with Gasteiger partial charge in [0.25, 0.3) is 0 Å². The van der Waals surface area contributed by atoms with Crippen molar-refractivity contribution in [1.29, 1.82) is 0 Å². The van der Waals surface area contributed by atoms with Crippen molar-refractivity contribution in [2.75, 3.05) is 11.9 Å². The van der Waals surface area contributed by atoms with E-state index in [1.807, 2.05) is 24.3 Å². The fraction of sp³-hybridized carbons (Fsp3) is 0.400. The molecule has 0 aliphatic heterocycles. The molecular formula is C20H23N3OS. The SMILES string of the molecule is Cc1csc2ncnc(Nc3ccc(OCC4CCCCC4)cc3)c12. The molecule has 0 amide bonds. The van der Waals surface area contributed by atoms with Gasteiger partial charge in [-0.05, 0) is 60.9 Å². The lowest BCUT2D eigenvalue weighted by atomic mass is 9.90. The van der Waals surface area contributed by atoms with Crippen molar-refractivity contribution in [3.63, 3.8) is 0 Å². The van der Waals surface area contributed by atoms with Gasteiger partial charge in [-0.1, -0.05) is 19.3 Å². The monoisotopic (exact) mass is 353 g/mol. The number of aromatic nitrogens is 2. The van der Waals surface area contributed by atoms with Crippen LogP contribution in [0.4, 0.5) is 11.5 Å². The van der Waals surface area contributed by atoms with E-state index in [0.717, 1.165) is 40.0 Å². The lowest BCUT2D eigenvalue weighted by Crippen LogP contribution is -2.15. The molecule has 0 saturated heterocycles. The Morgan fingerprint density at radius 3 is 2.72 bits per heavy atom. The lowest BCUT2D eigenvalue weighted by Gasteiger charge is -2.21. The summed E-state index contributed by atoms with van der Waals surface area (Å²) in [6.07, 6.45) is 8.32. The summed E-state index contributed by atoms with van der Waals surface area (Å²) >= 11 is 1.65. The highest BCUT2D eigenvalue weighted by molar-refractivity contribution is 7.17. The first-order valence-electron chi connectivity index (χ1n) is 8.98. The molecule has 0 atom stereocenters. The molecule has 0 spiro atoms. The normalized spacial score (nSPS) is 15.4. The van der Waals surface area contributed by atoms with Crippen LogP contribution in [0.1, 0.15) is 37.7 Å². The topological polar surface area (TPSA) is 47.0 Å². The number of fused-ring (bicyclic) bond motifs is 1. The number of hydrogen-bond donors (Lipinski definition) is 1. The number of aryl methyl sites for hydroxylation is 1. The Kier molecular flexibility index (Phi) is 4.83. The zero-order valence-corrected chi connectivity index (χ0v) is 15.3. The first-order valence-corrected chi connectivity index (χ1v) is 9.86. The molecule has 5 heteroatoms. The Bertz CT molecular complexity index is 838. The third kappa shape index (κ3) is 3.76. The van der Waals surface area contributed by atoms with E-state index in [9.17, 15) is 0 Å². The minimum absolute atomic E-state index is 0.724. The fourth-order valence-electron chi connectivity index (χ4n) is 3.45. The van der Waals surface area contributed by atoms with Gasteiger partial charge in [0.1, 0.15) is 22.7 Å². The van der Waals surface area contributed by atoms with Gasteiger partial charge in [0.05, 0.1) is 12.0 Å². The molecule has 4 nitrogen and oxygen atoms in total. The third-order valence-electron chi connectivity index (χ3n) is 4.88. The van der Waals surface area contributed by atoms with Gasteiger partial charge in [-0.3, -0.25) is 0 Å². The zero-order valence-electron chi connectivity index (χ0n) is 14.5. The first-order chi connectivity index (χ1) is 12.3. The molecule has 0 bridgehead atoms. The second kappa shape index (κ2) is 7.40. The molecule has 1 aliphatic carbocycles. The molecule has 1 saturated carbocycles. The Morgan fingerprint density at radius 1 is 1.12 bits per heavy atom. The number of nitrogens with zero attached hydrogens (tertiary/aromatic N) is 2. The van der Waals surface area contributed by atoms with Gasteiger partial charge in [-0.2, -0.15) is 0 Å². The minimum atomic E-state index is 0.724. The number of thiophene rings is 1. The van der Waals surface area contributed by atoms with Crippen LogP contribution in [0.3, 0.4) is 0 Å². The van der Waals surface area contributed by atoms with Gasteiger partial charge in [0.15, 0.2) is 0 Å². The quantitative estimate of drug-likeness (QED) is 0.639. The van der Waals surface area contributed by atoms with E-state index in [1.165, 1.54) is 37.7 Å². The third-order valence-corrected chi connectivity index (χ3v) is 5.89. The summed E-state index contributed by atoms with van der Waals surface area (Å²) < 4.78 is 5.98. The Morgan fingerprint density at radius 2 is 1.92 bits per heavy atom. The number of ether oxygens (including phenoxy) is 1. The van der Waals surface area contributed by atoms with Crippen LogP contribution in [0.25, 0.3) is 10.2 Å². The van der Waals surface area contributed by atoms with Crippen LogP contribution >= 0.6 is 11.3 Å². The van der Waals surface area contributed by atoms with Gasteiger partial charge in [-0.25, -0.2) is 9.97 Å². The standard InChI is InChI=1S/C20H23N3OS/c1-14-12-25-20-18(14)19(21-13-22-20)23-16-7-9-17(10-8-16)24-11-15-5-3-2-4-6-15/h7-10,12-13,15H,2-6,11H2,1H3,(H,21,22,23). The highest BCUT2D eigenvalue weighted by atomic mass is 32.1. The van der Waals surface area contributed by atoms with Crippen LogP contribution in [0.2, 0.25) is 0 Å². The van der Waals surface area contributed by atoms with Crippen LogP contribution in [-0.4, -0.2) is 16.6 Å². The molecule has 0 unspecified atom stereocenters. The molecule has 1 fully saturated rings. The van der Waals surface area contributed by atoms with E-state index in [4.69, 9.17) is 4.74 Å². The Labute approximate surface area is 152 Å². The number of anilines is 2. The first kappa shape index (κ1) is 16.3. The predicted octanol–water partition coefficient (Wildman–Crippen LogP) is 5.70. The van der Waals surface area contributed by atoms with Crippen LogP contribution < -0.4 is 10.1 Å². The van der Waals surface area contributed by atoms with Crippen molar-refractivity contribution in [2.45, 2.75) is 39.0 Å². The minimum Gasteiger partial charge on any atom is -0.493 e. The summed E-state index contributed by atoms with van der Waals surface area (Å²) in [7, 11) is 0. The second-order valence-electron chi connectivity index (χ2n) is 6.79. The van der Waals surface area contributed by atoms with Crippen molar-refractivity contribution in [1.82, 2.24) is 9.97 Å². The van der Waals surface area contributed by atoms with Crippen molar-refractivity contribution in [2.24, 2.45) is 5.92 Å². The smallest absolute Gasteiger partial charge is 0.142 e. The van der Waals surface area contributed by atoms with E-state index in [1.54, 1.807) is 17.7 Å². The van der Waals surface area contributed by atoms with Crippen LogP contribution in [0.5, 0.6) is 5.75 Å². The van der Waals surface area contributed by atoms with Crippen molar-refractivity contribution < 1.29 is 4.74 Å². The average molecular weight is 353 g/mol. The highest BCUT2D eigenvalue weighted by Crippen LogP contribution is 2.31. The maximum atomic E-state index is 5.98. The van der Waals surface area contributed by atoms with Crippen molar-refractivity contribution in [3.05, 3.63) is 41.5 Å². The molecule has 0 radical (unpaired) electrons. The molecule has 1 aliphatic rings.